The van der Waals surface area contributed by atoms with Crippen molar-refractivity contribution in [3.8, 4) is 11.3 Å². The number of hydrogen-bond donors (Lipinski definition) is 1. The molecule has 0 spiro atoms. The molecule has 3 rings (SSSR count). The molecule has 0 bridgehead atoms. The van der Waals surface area contributed by atoms with E-state index in [1.165, 1.54) is 6.07 Å². The number of hydrogen-bond acceptors (Lipinski definition) is 4. The summed E-state index contributed by atoms with van der Waals surface area (Å²) in [7, 11) is 1.87. The molecule has 0 unspecified atom stereocenters. The van der Waals surface area contributed by atoms with Gasteiger partial charge in [0.15, 0.2) is 0 Å². The van der Waals surface area contributed by atoms with Gasteiger partial charge in [0.25, 0.3) is 0 Å². The number of rotatable bonds is 2. The van der Waals surface area contributed by atoms with Crippen LogP contribution in [0.1, 0.15) is 10.6 Å². The highest BCUT2D eigenvalue weighted by Crippen LogP contribution is 2.28. The van der Waals surface area contributed by atoms with Crippen LogP contribution in [-0.4, -0.2) is 25.8 Å². The molecule has 0 atom stereocenters. The molecule has 3 aromatic heterocycles. The summed E-state index contributed by atoms with van der Waals surface area (Å²) in [6.07, 6.45) is 3.55. The number of aromatic carboxylic acids is 1. The minimum Gasteiger partial charge on any atom is -0.475 e. The summed E-state index contributed by atoms with van der Waals surface area (Å²) in [5.41, 5.74) is 2.11. The highest BCUT2D eigenvalue weighted by atomic mass is 16.5. The lowest BCUT2D eigenvalue weighted by molar-refractivity contribution is 0.0652. The van der Waals surface area contributed by atoms with E-state index in [1.807, 2.05) is 29.9 Å². The van der Waals surface area contributed by atoms with Crippen LogP contribution in [0.25, 0.3) is 22.3 Å². The summed E-state index contributed by atoms with van der Waals surface area (Å²) in [4.78, 5) is 15.0. The van der Waals surface area contributed by atoms with Crippen molar-refractivity contribution in [1.82, 2.24) is 14.7 Å². The molecule has 0 aliphatic rings. The number of fused-ring (bicyclic) bond motifs is 1. The van der Waals surface area contributed by atoms with E-state index in [4.69, 9.17) is 9.63 Å². The van der Waals surface area contributed by atoms with Crippen LogP contribution in [0.5, 0.6) is 0 Å². The van der Waals surface area contributed by atoms with Crippen molar-refractivity contribution in [2.45, 2.75) is 0 Å². The lowest BCUT2D eigenvalue weighted by atomic mass is 10.1. The first-order chi connectivity index (χ1) is 8.66. The molecular formula is C12H9N3O3. The summed E-state index contributed by atoms with van der Waals surface area (Å²) in [6.45, 7) is 0. The Kier molecular flexibility index (Phi) is 2.16. The molecule has 0 amide bonds. The maximum atomic E-state index is 10.8. The average molecular weight is 243 g/mol. The smallest absolute Gasteiger partial charge is 0.374 e. The Hall–Kier alpha value is -2.63. The largest absolute Gasteiger partial charge is 0.475 e. The number of aryl methyl sites for hydroxylation is 1. The van der Waals surface area contributed by atoms with Gasteiger partial charge in [0, 0.05) is 36.5 Å². The van der Waals surface area contributed by atoms with Crippen molar-refractivity contribution in [3.63, 3.8) is 0 Å². The van der Waals surface area contributed by atoms with Gasteiger partial charge in [-0.2, -0.15) is 0 Å². The Balaban J connectivity index is 2.22. The van der Waals surface area contributed by atoms with Crippen LogP contribution in [0.2, 0.25) is 0 Å². The van der Waals surface area contributed by atoms with Gasteiger partial charge >= 0.3 is 5.97 Å². The Labute approximate surface area is 101 Å². The molecule has 6 nitrogen and oxygen atoms in total. The van der Waals surface area contributed by atoms with Crippen molar-refractivity contribution in [2.24, 2.45) is 7.05 Å². The van der Waals surface area contributed by atoms with Crippen LogP contribution in [-0.2, 0) is 7.05 Å². The van der Waals surface area contributed by atoms with Gasteiger partial charge in [-0.3, -0.25) is 0 Å². The molecule has 90 valence electrons. The normalized spacial score (nSPS) is 10.9. The summed E-state index contributed by atoms with van der Waals surface area (Å²) < 4.78 is 6.62. The van der Waals surface area contributed by atoms with Crippen LogP contribution in [0.3, 0.4) is 0 Å². The third kappa shape index (κ3) is 1.46. The van der Waals surface area contributed by atoms with Gasteiger partial charge in [0.05, 0.1) is 0 Å². The van der Waals surface area contributed by atoms with E-state index >= 15 is 0 Å². The molecule has 0 saturated heterocycles. The van der Waals surface area contributed by atoms with Crippen LogP contribution in [0, 0.1) is 0 Å². The zero-order valence-electron chi connectivity index (χ0n) is 9.49. The Morgan fingerprint density at radius 1 is 1.50 bits per heavy atom. The first kappa shape index (κ1) is 10.5. The van der Waals surface area contributed by atoms with E-state index < -0.39 is 5.97 Å². The topological polar surface area (TPSA) is 81.2 Å². The van der Waals surface area contributed by atoms with Crippen molar-refractivity contribution >= 4 is 17.0 Å². The molecule has 6 heteroatoms. The highest BCUT2D eigenvalue weighted by molar-refractivity contribution is 5.94. The predicted molar refractivity (Wildman–Crippen MR) is 63.2 cm³/mol. The number of pyridine rings is 1. The second kappa shape index (κ2) is 3.69. The van der Waals surface area contributed by atoms with Crippen LogP contribution < -0.4 is 0 Å². The maximum absolute atomic E-state index is 10.8. The first-order valence-electron chi connectivity index (χ1n) is 5.27. The number of carbonyl (C=O) groups is 1. The number of carboxylic acids is 1. The Morgan fingerprint density at radius 2 is 2.33 bits per heavy atom. The zero-order chi connectivity index (χ0) is 12.7. The molecule has 0 aliphatic carbocycles. The number of aromatic nitrogens is 3. The molecule has 0 saturated carbocycles. The summed E-state index contributed by atoms with van der Waals surface area (Å²) in [6, 6.07) is 5.14. The monoisotopic (exact) mass is 243 g/mol. The molecule has 1 N–H and O–H groups in total. The standard InChI is InChI=1S/C12H9N3O3/c1-15-6-8(7-3-2-4-13-11(7)15)9-5-10(12(16)17)18-14-9/h2-6H,1H3,(H,16,17). The van der Waals surface area contributed by atoms with Gasteiger partial charge in [-0.15, -0.1) is 0 Å². The van der Waals surface area contributed by atoms with E-state index in [9.17, 15) is 4.79 Å². The predicted octanol–water partition coefficient (Wildman–Crippen LogP) is 1.93. The van der Waals surface area contributed by atoms with Gasteiger partial charge in [-0.25, -0.2) is 9.78 Å². The molecular weight excluding hydrogens is 234 g/mol. The maximum Gasteiger partial charge on any atom is 0.374 e. The molecule has 0 aliphatic heterocycles. The van der Waals surface area contributed by atoms with E-state index in [-0.39, 0.29) is 5.76 Å². The first-order valence-corrected chi connectivity index (χ1v) is 5.27. The summed E-state index contributed by atoms with van der Waals surface area (Å²) in [5, 5.41) is 13.5. The van der Waals surface area contributed by atoms with Gasteiger partial charge in [-0.05, 0) is 12.1 Å². The molecule has 18 heavy (non-hydrogen) atoms. The van der Waals surface area contributed by atoms with Crippen molar-refractivity contribution < 1.29 is 14.4 Å². The van der Waals surface area contributed by atoms with E-state index in [1.54, 1.807) is 6.20 Å². The lowest BCUT2D eigenvalue weighted by Gasteiger charge is -1.92. The third-order valence-electron chi connectivity index (χ3n) is 2.73. The van der Waals surface area contributed by atoms with Crippen molar-refractivity contribution in [3.05, 3.63) is 36.4 Å². The second-order valence-electron chi connectivity index (χ2n) is 3.91. The number of nitrogens with zero attached hydrogens (tertiary/aromatic N) is 3. The Morgan fingerprint density at radius 3 is 3.06 bits per heavy atom. The van der Waals surface area contributed by atoms with E-state index in [0.29, 0.717) is 5.69 Å². The minimum absolute atomic E-state index is 0.175. The quantitative estimate of drug-likeness (QED) is 0.743. The van der Waals surface area contributed by atoms with Gasteiger partial charge < -0.3 is 14.2 Å². The van der Waals surface area contributed by atoms with Gasteiger partial charge in [0.2, 0.25) is 5.76 Å². The van der Waals surface area contributed by atoms with Crippen LogP contribution in [0.15, 0.2) is 35.1 Å². The second-order valence-corrected chi connectivity index (χ2v) is 3.91. The SMILES string of the molecule is Cn1cc(-c2cc(C(=O)O)on2)c2cccnc21. The summed E-state index contributed by atoms with van der Waals surface area (Å²) >= 11 is 0. The van der Waals surface area contributed by atoms with Gasteiger partial charge in [0.1, 0.15) is 11.3 Å². The van der Waals surface area contributed by atoms with Crippen LogP contribution in [0.4, 0.5) is 0 Å². The third-order valence-corrected chi connectivity index (χ3v) is 2.73. The molecule has 0 radical (unpaired) electrons. The van der Waals surface area contributed by atoms with Crippen molar-refractivity contribution in [1.29, 1.82) is 0 Å². The fourth-order valence-corrected chi connectivity index (χ4v) is 1.92. The van der Waals surface area contributed by atoms with Crippen molar-refractivity contribution in [2.75, 3.05) is 0 Å². The fourth-order valence-electron chi connectivity index (χ4n) is 1.92. The molecule has 0 fully saturated rings. The van der Waals surface area contributed by atoms with Gasteiger partial charge in [-0.1, -0.05) is 5.16 Å². The van der Waals surface area contributed by atoms with Crippen LogP contribution >= 0.6 is 0 Å². The summed E-state index contributed by atoms with van der Waals surface area (Å²) in [5.74, 6) is -1.31. The lowest BCUT2D eigenvalue weighted by Crippen LogP contribution is -1.91. The average Bonchev–Trinajstić information content (AvgIpc) is 2.95. The van der Waals surface area contributed by atoms with E-state index in [2.05, 4.69) is 10.1 Å². The molecule has 0 aromatic carbocycles. The van der Waals surface area contributed by atoms with E-state index in [0.717, 1.165) is 16.6 Å². The number of carboxylic acid groups (broad SMARTS) is 1. The minimum atomic E-state index is -1.13. The molecule has 3 aromatic rings. The Bertz CT molecular complexity index is 742. The fraction of sp³-hybridized carbons (Fsp3) is 0.0833. The highest BCUT2D eigenvalue weighted by Gasteiger charge is 2.16. The molecule has 3 heterocycles. The zero-order valence-corrected chi connectivity index (χ0v) is 9.49.